The zero-order chi connectivity index (χ0) is 24.0. The summed E-state index contributed by atoms with van der Waals surface area (Å²) in [6, 6.07) is 21.7. The Bertz CT molecular complexity index is 1510. The molecule has 2 atom stereocenters. The van der Waals surface area contributed by atoms with E-state index in [0.717, 1.165) is 38.2 Å². The molecule has 7 heteroatoms. The van der Waals surface area contributed by atoms with Crippen LogP contribution in [0.2, 0.25) is 0 Å². The lowest BCUT2D eigenvalue weighted by molar-refractivity contribution is -0.130. The lowest BCUT2D eigenvalue weighted by atomic mass is 9.77. The molecule has 2 N–H and O–H groups in total. The molecule has 34 heavy (non-hydrogen) atoms. The summed E-state index contributed by atoms with van der Waals surface area (Å²) in [5, 5.41) is 12.3. The van der Waals surface area contributed by atoms with E-state index in [2.05, 4.69) is 17.1 Å². The number of hydrogen-bond donors (Lipinski definition) is 1. The van der Waals surface area contributed by atoms with Crippen LogP contribution in [0.15, 0.2) is 71.0 Å². The number of guanidine groups is 1. The third-order valence-electron chi connectivity index (χ3n) is 6.44. The van der Waals surface area contributed by atoms with Crippen LogP contribution in [-0.4, -0.2) is 28.8 Å². The van der Waals surface area contributed by atoms with Gasteiger partial charge in [-0.05, 0) is 72.3 Å². The number of aromatic nitrogens is 1. The molecule has 1 amide bonds. The Kier molecular flexibility index (Phi) is 5.18. The molecule has 3 heterocycles. The van der Waals surface area contributed by atoms with Gasteiger partial charge in [-0.2, -0.15) is 5.26 Å². The van der Waals surface area contributed by atoms with Crippen LogP contribution in [0, 0.1) is 18.3 Å². The van der Waals surface area contributed by atoms with Crippen molar-refractivity contribution in [3.63, 3.8) is 0 Å². The first-order valence-corrected chi connectivity index (χ1v) is 11.8. The summed E-state index contributed by atoms with van der Waals surface area (Å²) < 4.78 is 0. The minimum atomic E-state index is -0.880. The number of thiophene rings is 1. The van der Waals surface area contributed by atoms with Gasteiger partial charge in [0.05, 0.1) is 23.1 Å². The van der Waals surface area contributed by atoms with Crippen molar-refractivity contribution in [2.45, 2.75) is 25.3 Å². The van der Waals surface area contributed by atoms with E-state index in [1.165, 1.54) is 4.90 Å². The van der Waals surface area contributed by atoms with Crippen molar-refractivity contribution in [3.8, 4) is 17.2 Å². The number of nitriles is 1. The summed E-state index contributed by atoms with van der Waals surface area (Å²) >= 11 is 1.54. The van der Waals surface area contributed by atoms with Gasteiger partial charge in [0.15, 0.2) is 5.96 Å². The van der Waals surface area contributed by atoms with Crippen molar-refractivity contribution in [3.05, 3.63) is 87.7 Å². The Hall–Kier alpha value is -4.02. The molecule has 0 saturated heterocycles. The van der Waals surface area contributed by atoms with Gasteiger partial charge in [0.1, 0.15) is 5.54 Å². The number of likely N-dealkylation sites (N-methyl/N-ethyl adjacent to an activating group) is 1. The number of hydrogen-bond acceptors (Lipinski definition) is 6. The maximum atomic E-state index is 13.6. The number of benzene rings is 2. The van der Waals surface area contributed by atoms with E-state index in [0.29, 0.717) is 5.56 Å². The normalized spacial score (nSPS) is 20.3. The Morgan fingerprint density at radius 3 is 2.74 bits per heavy atom. The molecule has 0 saturated carbocycles. The Balaban J connectivity index is 1.64. The number of pyridine rings is 1. The maximum absolute atomic E-state index is 13.6. The molecule has 5 rings (SSSR count). The topological polar surface area (TPSA) is 95.4 Å². The van der Waals surface area contributed by atoms with Crippen LogP contribution in [0.3, 0.4) is 0 Å². The highest BCUT2D eigenvalue weighted by molar-refractivity contribution is 7.10. The molecule has 168 valence electrons. The molecule has 1 aliphatic heterocycles. The van der Waals surface area contributed by atoms with E-state index < -0.39 is 11.5 Å². The van der Waals surface area contributed by atoms with Crippen molar-refractivity contribution < 1.29 is 4.79 Å². The number of rotatable bonds is 3. The molecule has 0 bridgehead atoms. The molecule has 0 aliphatic carbocycles. The number of fused-ring (bicyclic) bond motifs is 1. The summed E-state index contributed by atoms with van der Waals surface area (Å²) in [6.45, 7) is 3.93. The van der Waals surface area contributed by atoms with Crippen LogP contribution in [0.1, 0.15) is 34.5 Å². The lowest BCUT2D eigenvalue weighted by Crippen LogP contribution is -2.52. The summed E-state index contributed by atoms with van der Waals surface area (Å²) in [4.78, 5) is 25.4. The molecule has 0 radical (unpaired) electrons. The van der Waals surface area contributed by atoms with Gasteiger partial charge in [-0.25, -0.2) is 4.99 Å². The number of aliphatic imine (C=N–C) groups is 1. The monoisotopic (exact) mass is 465 g/mol. The van der Waals surface area contributed by atoms with Gasteiger partial charge in [-0.3, -0.25) is 14.7 Å². The summed E-state index contributed by atoms with van der Waals surface area (Å²) in [5.74, 6) is -0.452. The maximum Gasteiger partial charge on any atom is 0.239 e. The van der Waals surface area contributed by atoms with E-state index in [9.17, 15) is 10.1 Å². The molecule has 0 spiro atoms. The molecule has 4 aromatic rings. The molecule has 6 nitrogen and oxygen atoms in total. The van der Waals surface area contributed by atoms with Crippen LogP contribution in [0.4, 0.5) is 0 Å². The molecule has 2 aromatic carbocycles. The number of amides is 1. The third-order valence-corrected chi connectivity index (χ3v) is 7.60. The highest BCUT2D eigenvalue weighted by Gasteiger charge is 2.48. The van der Waals surface area contributed by atoms with Crippen molar-refractivity contribution in [2.24, 2.45) is 10.7 Å². The van der Waals surface area contributed by atoms with Crippen LogP contribution in [0.25, 0.3) is 22.0 Å². The fraction of sp³-hybridized carbons (Fsp3) is 0.185. The SMILES string of the molecule is Cc1ccc2cc([C@H]3C(=O)N(C)C(N)=N[C@]3(C)c3cc(-c4cccc(C#N)c4)cs3)ccc2n1. The van der Waals surface area contributed by atoms with Crippen molar-refractivity contribution in [2.75, 3.05) is 7.05 Å². The van der Waals surface area contributed by atoms with Crippen molar-refractivity contribution in [1.82, 2.24) is 9.88 Å². The van der Waals surface area contributed by atoms with Gasteiger partial charge in [0, 0.05) is 23.0 Å². The largest absolute Gasteiger partial charge is 0.369 e. The molecule has 0 fully saturated rings. The minimum absolute atomic E-state index is 0.101. The van der Waals surface area contributed by atoms with Crippen LogP contribution < -0.4 is 5.73 Å². The van der Waals surface area contributed by atoms with E-state index in [1.807, 2.05) is 67.8 Å². The van der Waals surface area contributed by atoms with Gasteiger partial charge in [-0.15, -0.1) is 11.3 Å². The Morgan fingerprint density at radius 1 is 1.12 bits per heavy atom. The smallest absolute Gasteiger partial charge is 0.239 e. The van der Waals surface area contributed by atoms with Crippen LogP contribution in [-0.2, 0) is 10.3 Å². The van der Waals surface area contributed by atoms with E-state index >= 15 is 0 Å². The summed E-state index contributed by atoms with van der Waals surface area (Å²) in [7, 11) is 1.66. The molecule has 1 aliphatic rings. The predicted octanol–water partition coefficient (Wildman–Crippen LogP) is 4.93. The third kappa shape index (κ3) is 3.53. The zero-order valence-electron chi connectivity index (χ0n) is 19.1. The first kappa shape index (κ1) is 21.8. The van der Waals surface area contributed by atoms with Gasteiger partial charge in [-0.1, -0.05) is 24.3 Å². The first-order valence-electron chi connectivity index (χ1n) is 10.9. The van der Waals surface area contributed by atoms with Crippen LogP contribution in [0.5, 0.6) is 0 Å². The fourth-order valence-corrected chi connectivity index (χ4v) is 5.59. The second kappa shape index (κ2) is 8.08. The molecular formula is C27H23N5OS. The predicted molar refractivity (Wildman–Crippen MR) is 135 cm³/mol. The Labute approximate surface area is 202 Å². The number of aryl methyl sites for hydroxylation is 1. The number of nitrogens with zero attached hydrogens (tertiary/aromatic N) is 4. The summed E-state index contributed by atoms with van der Waals surface area (Å²) in [5.41, 5.74) is 10.6. The Morgan fingerprint density at radius 2 is 1.94 bits per heavy atom. The average Bonchev–Trinajstić information content (AvgIpc) is 3.34. The fourth-order valence-electron chi connectivity index (χ4n) is 4.54. The van der Waals surface area contributed by atoms with E-state index in [1.54, 1.807) is 24.5 Å². The summed E-state index contributed by atoms with van der Waals surface area (Å²) in [6.07, 6.45) is 0. The van der Waals surface area contributed by atoms with E-state index in [4.69, 9.17) is 10.7 Å². The quantitative estimate of drug-likeness (QED) is 0.464. The second-order valence-electron chi connectivity index (χ2n) is 8.74. The number of nitrogens with two attached hydrogens (primary N) is 1. The minimum Gasteiger partial charge on any atom is -0.369 e. The van der Waals surface area contributed by atoms with Crippen molar-refractivity contribution >= 4 is 34.1 Å². The number of carbonyl (C=O) groups is 1. The average molecular weight is 466 g/mol. The standard InChI is InChI=1S/C27H23N5OS/c1-16-7-8-19-12-20(9-10-22(19)30-16)24-25(33)32(3)26(29)31-27(24,2)23-13-21(15-34-23)18-6-4-5-17(11-18)14-28/h4-13,15,24H,1-3H3,(H2,29,31)/t24-,27+/m0/s1. The first-order chi connectivity index (χ1) is 16.3. The second-order valence-corrected chi connectivity index (χ2v) is 9.66. The number of carbonyl (C=O) groups excluding carboxylic acids is 1. The van der Waals surface area contributed by atoms with Gasteiger partial charge in [0.2, 0.25) is 5.91 Å². The van der Waals surface area contributed by atoms with Crippen LogP contribution >= 0.6 is 11.3 Å². The molecule has 2 aromatic heterocycles. The molecular weight excluding hydrogens is 442 g/mol. The van der Waals surface area contributed by atoms with E-state index in [-0.39, 0.29) is 11.9 Å². The highest BCUT2D eigenvalue weighted by atomic mass is 32.1. The van der Waals surface area contributed by atoms with Crippen molar-refractivity contribution in [1.29, 1.82) is 5.26 Å². The van der Waals surface area contributed by atoms with Gasteiger partial charge < -0.3 is 5.73 Å². The van der Waals surface area contributed by atoms with Gasteiger partial charge >= 0.3 is 0 Å². The highest BCUT2D eigenvalue weighted by Crippen LogP contribution is 2.47. The lowest BCUT2D eigenvalue weighted by Gasteiger charge is -2.40. The van der Waals surface area contributed by atoms with Gasteiger partial charge in [0.25, 0.3) is 0 Å². The molecule has 0 unspecified atom stereocenters. The zero-order valence-corrected chi connectivity index (χ0v) is 19.9.